The molecule has 1 aliphatic rings. The Morgan fingerprint density at radius 1 is 1.07 bits per heavy atom. The monoisotopic (exact) mass is 366 g/mol. The van der Waals surface area contributed by atoms with E-state index < -0.39 is 5.76 Å². The second-order valence-corrected chi connectivity index (χ2v) is 6.88. The Morgan fingerprint density at radius 3 is 2.63 bits per heavy atom. The molecule has 27 heavy (non-hydrogen) atoms. The van der Waals surface area contributed by atoms with Crippen LogP contribution in [0, 0.1) is 0 Å². The van der Waals surface area contributed by atoms with Crippen molar-refractivity contribution in [3.8, 4) is 0 Å². The Bertz CT molecular complexity index is 992. The maximum Gasteiger partial charge on any atom is 0.419 e. The molecule has 1 aromatic heterocycles. The van der Waals surface area contributed by atoms with E-state index in [4.69, 9.17) is 9.15 Å². The van der Waals surface area contributed by atoms with Crippen molar-refractivity contribution in [2.24, 2.45) is 0 Å². The molecule has 6 heteroatoms. The highest BCUT2D eigenvalue weighted by Gasteiger charge is 2.29. The van der Waals surface area contributed by atoms with Crippen molar-refractivity contribution >= 4 is 17.0 Å². The van der Waals surface area contributed by atoms with E-state index in [9.17, 15) is 9.59 Å². The van der Waals surface area contributed by atoms with Gasteiger partial charge in [-0.25, -0.2) is 4.79 Å². The van der Waals surface area contributed by atoms with Gasteiger partial charge in [0.15, 0.2) is 5.58 Å². The molecule has 140 valence electrons. The number of benzene rings is 2. The summed E-state index contributed by atoms with van der Waals surface area (Å²) in [5.41, 5.74) is 2.32. The lowest BCUT2D eigenvalue weighted by molar-refractivity contribution is -0.145. The summed E-state index contributed by atoms with van der Waals surface area (Å²) in [7, 11) is 0. The van der Waals surface area contributed by atoms with Gasteiger partial charge in [0.05, 0.1) is 18.2 Å². The quantitative estimate of drug-likeness (QED) is 0.712. The van der Waals surface area contributed by atoms with Gasteiger partial charge in [0, 0.05) is 19.5 Å². The summed E-state index contributed by atoms with van der Waals surface area (Å²) in [6.45, 7) is 3.36. The number of aryl methyl sites for hydroxylation is 1. The Balaban J connectivity index is 1.46. The molecule has 2 heterocycles. The van der Waals surface area contributed by atoms with Gasteiger partial charge in [0.2, 0.25) is 5.91 Å². The van der Waals surface area contributed by atoms with E-state index in [2.05, 4.69) is 0 Å². The molecule has 0 N–H and O–H groups in total. The van der Waals surface area contributed by atoms with Crippen molar-refractivity contribution in [1.82, 2.24) is 9.47 Å². The molecular formula is C21H22N2O4. The van der Waals surface area contributed by atoms with E-state index >= 15 is 0 Å². The van der Waals surface area contributed by atoms with E-state index in [1.165, 1.54) is 4.57 Å². The molecular weight excluding hydrogens is 344 g/mol. The number of carbonyl (C=O) groups excluding carboxylic acids is 1. The van der Waals surface area contributed by atoms with Gasteiger partial charge in [-0.3, -0.25) is 9.36 Å². The molecule has 1 aliphatic heterocycles. The highest BCUT2D eigenvalue weighted by molar-refractivity contribution is 5.77. The molecule has 1 saturated heterocycles. The van der Waals surface area contributed by atoms with Crippen LogP contribution in [-0.4, -0.2) is 34.6 Å². The van der Waals surface area contributed by atoms with Crippen LogP contribution in [0.25, 0.3) is 11.1 Å². The highest BCUT2D eigenvalue weighted by atomic mass is 16.5. The molecule has 3 aromatic rings. The van der Waals surface area contributed by atoms with Crippen LogP contribution in [0.3, 0.4) is 0 Å². The van der Waals surface area contributed by atoms with E-state index in [1.807, 2.05) is 60.4 Å². The molecule has 0 saturated carbocycles. The topological polar surface area (TPSA) is 64.7 Å². The van der Waals surface area contributed by atoms with Crippen LogP contribution in [0.5, 0.6) is 0 Å². The molecule has 1 amide bonds. The van der Waals surface area contributed by atoms with Crippen LogP contribution in [0.1, 0.15) is 25.0 Å². The van der Waals surface area contributed by atoms with Crippen molar-refractivity contribution in [3.63, 3.8) is 0 Å². The van der Waals surface area contributed by atoms with Crippen LogP contribution in [0.2, 0.25) is 0 Å². The van der Waals surface area contributed by atoms with Crippen LogP contribution in [0.4, 0.5) is 0 Å². The summed E-state index contributed by atoms with van der Waals surface area (Å²) in [4.78, 5) is 26.7. The van der Waals surface area contributed by atoms with Gasteiger partial charge >= 0.3 is 5.76 Å². The maximum absolute atomic E-state index is 12.8. The number of hydrogen-bond acceptors (Lipinski definition) is 4. The number of morpholine rings is 1. The Kier molecular flexibility index (Phi) is 4.81. The molecule has 2 aromatic carbocycles. The van der Waals surface area contributed by atoms with E-state index in [1.54, 1.807) is 6.07 Å². The number of nitrogens with zero attached hydrogens (tertiary/aromatic N) is 2. The Labute approximate surface area is 157 Å². The third kappa shape index (κ3) is 3.66. The first-order chi connectivity index (χ1) is 13.1. The molecule has 4 rings (SSSR count). The normalized spacial score (nSPS) is 20.1. The Morgan fingerprint density at radius 2 is 1.81 bits per heavy atom. The SMILES string of the molecule is C[C@@H]1CN(C(=O)CCn2c(=O)oc3ccccc32)C[C@H](c2ccccc2)O1. The summed E-state index contributed by atoms with van der Waals surface area (Å²) in [6.07, 6.45) is 0.0826. The average molecular weight is 366 g/mol. The minimum atomic E-state index is -0.429. The predicted molar refractivity (Wildman–Crippen MR) is 101 cm³/mol. The maximum atomic E-state index is 12.8. The molecule has 0 radical (unpaired) electrons. The van der Waals surface area contributed by atoms with Crippen LogP contribution in [0.15, 0.2) is 63.8 Å². The van der Waals surface area contributed by atoms with Crippen molar-refractivity contribution in [2.45, 2.75) is 32.1 Å². The first-order valence-corrected chi connectivity index (χ1v) is 9.18. The van der Waals surface area contributed by atoms with Crippen LogP contribution in [-0.2, 0) is 16.1 Å². The number of rotatable bonds is 4. The molecule has 0 spiro atoms. The largest absolute Gasteiger partial charge is 0.419 e. The number of aromatic nitrogens is 1. The highest BCUT2D eigenvalue weighted by Crippen LogP contribution is 2.25. The summed E-state index contributed by atoms with van der Waals surface area (Å²) in [6, 6.07) is 17.2. The fourth-order valence-electron chi connectivity index (χ4n) is 3.60. The number of fused-ring (bicyclic) bond motifs is 1. The molecule has 0 aliphatic carbocycles. The fourth-order valence-corrected chi connectivity index (χ4v) is 3.60. The second-order valence-electron chi connectivity index (χ2n) is 6.88. The average Bonchev–Trinajstić information content (AvgIpc) is 3.01. The third-order valence-electron chi connectivity index (χ3n) is 4.91. The van der Waals surface area contributed by atoms with Crippen molar-refractivity contribution < 1.29 is 13.9 Å². The molecule has 1 fully saturated rings. The number of carbonyl (C=O) groups is 1. The molecule has 2 atom stereocenters. The number of oxazole rings is 1. The van der Waals surface area contributed by atoms with Gasteiger partial charge in [0.1, 0.15) is 6.10 Å². The fraction of sp³-hybridized carbons (Fsp3) is 0.333. The zero-order valence-electron chi connectivity index (χ0n) is 15.2. The summed E-state index contributed by atoms with van der Waals surface area (Å²) >= 11 is 0. The van der Waals surface area contributed by atoms with E-state index in [0.717, 1.165) is 5.56 Å². The number of amides is 1. The van der Waals surface area contributed by atoms with Crippen LogP contribution >= 0.6 is 0 Å². The standard InChI is InChI=1S/C21H22N2O4/c1-15-13-22(14-19(26-15)16-7-3-2-4-8-16)20(24)11-12-23-17-9-5-6-10-18(17)27-21(23)25/h2-10,15,19H,11-14H2,1H3/t15-,19-/m1/s1. The van der Waals surface area contributed by atoms with Crippen LogP contribution < -0.4 is 5.76 Å². The van der Waals surface area contributed by atoms with Gasteiger partial charge in [-0.05, 0) is 24.6 Å². The van der Waals surface area contributed by atoms with Gasteiger partial charge in [-0.2, -0.15) is 0 Å². The Hall–Kier alpha value is -2.86. The first kappa shape index (κ1) is 17.5. The van der Waals surface area contributed by atoms with Gasteiger partial charge in [0.25, 0.3) is 0 Å². The first-order valence-electron chi connectivity index (χ1n) is 9.18. The van der Waals surface area contributed by atoms with E-state index in [-0.39, 0.29) is 24.5 Å². The zero-order valence-corrected chi connectivity index (χ0v) is 15.2. The lowest BCUT2D eigenvalue weighted by atomic mass is 10.1. The van der Waals surface area contributed by atoms with Crippen molar-refractivity contribution in [3.05, 3.63) is 70.7 Å². The summed E-state index contributed by atoms with van der Waals surface area (Å²) in [5.74, 6) is -0.412. The smallest absolute Gasteiger partial charge is 0.408 e. The zero-order chi connectivity index (χ0) is 18.8. The predicted octanol–water partition coefficient (Wildman–Crippen LogP) is 2.97. The number of ether oxygens (including phenoxy) is 1. The van der Waals surface area contributed by atoms with Crippen molar-refractivity contribution in [1.29, 1.82) is 0 Å². The van der Waals surface area contributed by atoms with Gasteiger partial charge < -0.3 is 14.1 Å². The molecule has 0 unspecified atom stereocenters. The summed E-state index contributed by atoms with van der Waals surface area (Å²) in [5, 5.41) is 0. The lowest BCUT2D eigenvalue weighted by Crippen LogP contribution is -2.46. The number of hydrogen-bond donors (Lipinski definition) is 0. The van der Waals surface area contributed by atoms with Gasteiger partial charge in [-0.1, -0.05) is 42.5 Å². The van der Waals surface area contributed by atoms with Crippen molar-refractivity contribution in [2.75, 3.05) is 13.1 Å². The van der Waals surface area contributed by atoms with Gasteiger partial charge in [-0.15, -0.1) is 0 Å². The van der Waals surface area contributed by atoms with E-state index in [0.29, 0.717) is 30.7 Å². The minimum absolute atomic E-state index is 0.0169. The lowest BCUT2D eigenvalue weighted by Gasteiger charge is -2.37. The summed E-state index contributed by atoms with van der Waals surface area (Å²) < 4.78 is 12.8. The second kappa shape index (κ2) is 7.40. The minimum Gasteiger partial charge on any atom is -0.408 e. The number of para-hydroxylation sites is 2. The molecule has 6 nitrogen and oxygen atoms in total. The third-order valence-corrected chi connectivity index (χ3v) is 4.91. The molecule has 0 bridgehead atoms.